The summed E-state index contributed by atoms with van der Waals surface area (Å²) in [6.45, 7) is 1.52. The van der Waals surface area contributed by atoms with E-state index in [4.69, 9.17) is 5.73 Å². The first-order chi connectivity index (χ1) is 5.41. The minimum absolute atomic E-state index is 0.722. The minimum Gasteiger partial charge on any atom is -0.381 e. The first-order valence-corrected chi connectivity index (χ1v) is 5.78. The van der Waals surface area contributed by atoms with Crippen LogP contribution in [-0.4, -0.2) is 30.5 Å². The van der Waals surface area contributed by atoms with E-state index in [0.717, 1.165) is 24.6 Å². The summed E-state index contributed by atoms with van der Waals surface area (Å²) in [5.74, 6) is 3.60. The lowest BCUT2D eigenvalue weighted by Gasteiger charge is -1.98. The smallest absolute Gasteiger partial charge is 0.141 e. The Kier molecular flexibility index (Phi) is 9.83. The molecule has 0 amide bonds. The molecule has 11 heavy (non-hydrogen) atoms. The van der Waals surface area contributed by atoms with Gasteiger partial charge in [-0.3, -0.25) is 0 Å². The molecule has 0 bridgehead atoms. The number of nitrogens with two attached hydrogens (primary N) is 1. The fourth-order valence-corrected chi connectivity index (χ4v) is 2.16. The second-order valence-corrected chi connectivity index (χ2v) is 4.35. The fourth-order valence-electron chi connectivity index (χ4n) is 0.380. The van der Waals surface area contributed by atoms with Crippen molar-refractivity contribution < 1.29 is 4.79 Å². The van der Waals surface area contributed by atoms with Gasteiger partial charge in [0.2, 0.25) is 0 Å². The molecule has 0 aromatic rings. The molecule has 64 valence electrons. The highest BCUT2D eigenvalue weighted by Gasteiger charge is 1.86. The molecule has 5 heteroatoms. The van der Waals surface area contributed by atoms with Gasteiger partial charge >= 0.3 is 0 Å². The molecular weight excluding hydrogens is 180 g/mol. The van der Waals surface area contributed by atoms with Gasteiger partial charge in [-0.25, -0.2) is 4.79 Å². The van der Waals surface area contributed by atoms with E-state index in [1.807, 2.05) is 0 Å². The van der Waals surface area contributed by atoms with E-state index in [0.29, 0.717) is 0 Å². The van der Waals surface area contributed by atoms with Crippen LogP contribution in [0.4, 0.5) is 0 Å². The zero-order valence-corrected chi connectivity index (χ0v) is 7.84. The van der Waals surface area contributed by atoms with E-state index < -0.39 is 0 Å². The zero-order valence-electron chi connectivity index (χ0n) is 6.21. The Balaban J connectivity index is 2.84. The maximum absolute atomic E-state index is 9.67. The Morgan fingerprint density at radius 2 is 2.18 bits per heavy atom. The molecule has 0 heterocycles. The molecule has 0 saturated heterocycles. The molecule has 0 fully saturated rings. The van der Waals surface area contributed by atoms with Crippen molar-refractivity contribution in [3.63, 3.8) is 0 Å². The SMILES string of the molecule is NCCSSCCNC=C=O. The largest absolute Gasteiger partial charge is 0.381 e. The van der Waals surface area contributed by atoms with Crippen molar-refractivity contribution in [1.29, 1.82) is 0 Å². The van der Waals surface area contributed by atoms with Gasteiger partial charge < -0.3 is 11.1 Å². The molecule has 0 aliphatic carbocycles. The highest BCUT2D eigenvalue weighted by Crippen LogP contribution is 2.18. The lowest BCUT2D eigenvalue weighted by Crippen LogP contribution is -2.09. The van der Waals surface area contributed by atoms with Gasteiger partial charge in [0.1, 0.15) is 5.94 Å². The third-order valence-electron chi connectivity index (χ3n) is 0.775. The molecule has 3 N–H and O–H groups in total. The van der Waals surface area contributed by atoms with Crippen LogP contribution in [0.15, 0.2) is 6.20 Å². The van der Waals surface area contributed by atoms with Gasteiger partial charge in [0, 0.05) is 24.6 Å². The summed E-state index contributed by atoms with van der Waals surface area (Å²) >= 11 is 0. The Bertz CT molecular complexity index is 126. The maximum Gasteiger partial charge on any atom is 0.141 e. The minimum atomic E-state index is 0.722. The first kappa shape index (κ1) is 10.9. The average Bonchev–Trinajstić information content (AvgIpc) is 2.03. The Hall–Kier alpha value is -0.0900. The lowest BCUT2D eigenvalue weighted by molar-refractivity contribution is 0.567. The van der Waals surface area contributed by atoms with Gasteiger partial charge in [0.15, 0.2) is 0 Å². The van der Waals surface area contributed by atoms with Crippen LogP contribution in [0.2, 0.25) is 0 Å². The van der Waals surface area contributed by atoms with Gasteiger partial charge in [-0.1, -0.05) is 21.6 Å². The van der Waals surface area contributed by atoms with Crippen LogP contribution in [0.1, 0.15) is 0 Å². The van der Waals surface area contributed by atoms with Gasteiger partial charge in [-0.05, 0) is 0 Å². The molecule has 0 aliphatic rings. The highest BCUT2D eigenvalue weighted by atomic mass is 33.1. The maximum atomic E-state index is 9.67. The molecule has 0 spiro atoms. The van der Waals surface area contributed by atoms with Gasteiger partial charge in [0.25, 0.3) is 0 Å². The van der Waals surface area contributed by atoms with Crippen LogP contribution < -0.4 is 11.1 Å². The Labute approximate surface area is 74.6 Å². The van der Waals surface area contributed by atoms with Crippen LogP contribution in [0.3, 0.4) is 0 Å². The van der Waals surface area contributed by atoms with Gasteiger partial charge in [0.05, 0.1) is 6.20 Å². The summed E-state index contributed by atoms with van der Waals surface area (Å²) in [5.41, 5.74) is 5.28. The Morgan fingerprint density at radius 3 is 2.82 bits per heavy atom. The second kappa shape index (κ2) is 9.91. The number of hydrogen-bond acceptors (Lipinski definition) is 5. The van der Waals surface area contributed by atoms with E-state index in [1.165, 1.54) is 6.20 Å². The second-order valence-electron chi connectivity index (χ2n) is 1.65. The van der Waals surface area contributed by atoms with Crippen molar-refractivity contribution in [3.8, 4) is 0 Å². The average molecular weight is 192 g/mol. The summed E-state index contributed by atoms with van der Waals surface area (Å²) < 4.78 is 0. The third-order valence-corrected chi connectivity index (χ3v) is 3.22. The predicted octanol–water partition coefficient (Wildman–Crippen LogP) is 0.261. The van der Waals surface area contributed by atoms with Gasteiger partial charge in [-0.2, -0.15) is 0 Å². The van der Waals surface area contributed by atoms with E-state index in [2.05, 4.69) is 5.32 Å². The fraction of sp³-hybridized carbons (Fsp3) is 0.667. The number of rotatable bonds is 7. The zero-order chi connectivity index (χ0) is 8.36. The van der Waals surface area contributed by atoms with Gasteiger partial charge in [-0.15, -0.1) is 0 Å². The molecule has 0 saturated carbocycles. The predicted molar refractivity (Wildman–Crippen MR) is 52.2 cm³/mol. The Morgan fingerprint density at radius 1 is 1.45 bits per heavy atom. The molecule has 3 nitrogen and oxygen atoms in total. The molecule has 0 aromatic carbocycles. The highest BCUT2D eigenvalue weighted by molar-refractivity contribution is 8.76. The molecule has 0 radical (unpaired) electrons. The van der Waals surface area contributed by atoms with Crippen LogP contribution in [0.5, 0.6) is 0 Å². The summed E-state index contributed by atoms with van der Waals surface area (Å²) in [7, 11) is 3.50. The molecule has 0 atom stereocenters. The van der Waals surface area contributed by atoms with Crippen molar-refractivity contribution in [2.24, 2.45) is 5.73 Å². The van der Waals surface area contributed by atoms with E-state index >= 15 is 0 Å². The summed E-state index contributed by atoms with van der Waals surface area (Å²) in [5, 5.41) is 2.80. The first-order valence-electron chi connectivity index (χ1n) is 3.29. The number of nitrogens with one attached hydrogen (secondary N) is 1. The van der Waals surface area contributed by atoms with Crippen LogP contribution in [-0.2, 0) is 4.79 Å². The summed E-state index contributed by atoms with van der Waals surface area (Å²) in [6.07, 6.45) is 1.29. The van der Waals surface area contributed by atoms with Crippen molar-refractivity contribution in [2.75, 3.05) is 24.6 Å². The van der Waals surface area contributed by atoms with E-state index in [1.54, 1.807) is 27.5 Å². The van der Waals surface area contributed by atoms with E-state index in [-0.39, 0.29) is 0 Å². The quantitative estimate of drug-likeness (QED) is 0.344. The number of hydrogen-bond donors (Lipinski definition) is 2. The number of carbonyl (C=O) groups excluding carboxylic acids is 1. The normalized spacial score (nSPS) is 8.82. The molecule has 0 unspecified atom stereocenters. The van der Waals surface area contributed by atoms with Crippen LogP contribution >= 0.6 is 21.6 Å². The molecule has 0 aromatic heterocycles. The lowest BCUT2D eigenvalue weighted by atomic mass is 10.7. The summed E-state index contributed by atoms with van der Waals surface area (Å²) in [4.78, 5) is 9.67. The van der Waals surface area contributed by atoms with Crippen molar-refractivity contribution in [2.45, 2.75) is 0 Å². The van der Waals surface area contributed by atoms with Crippen molar-refractivity contribution in [3.05, 3.63) is 6.20 Å². The van der Waals surface area contributed by atoms with E-state index in [9.17, 15) is 4.79 Å². The van der Waals surface area contributed by atoms with Crippen LogP contribution in [0.25, 0.3) is 0 Å². The monoisotopic (exact) mass is 192 g/mol. The molecule has 0 aliphatic heterocycles. The topological polar surface area (TPSA) is 55.1 Å². The van der Waals surface area contributed by atoms with Crippen LogP contribution in [0, 0.1) is 0 Å². The third kappa shape index (κ3) is 9.91. The standard InChI is InChI=1S/C6H12N2OS2/c7-1-5-10-11-6-3-8-2-4-9/h2,8H,1,3,5-7H2. The molecule has 0 rings (SSSR count). The summed E-state index contributed by atoms with van der Waals surface area (Å²) in [6, 6.07) is 0. The molecular formula is C6H12N2OS2. The van der Waals surface area contributed by atoms with Crippen molar-refractivity contribution in [1.82, 2.24) is 5.32 Å². The van der Waals surface area contributed by atoms with Crippen molar-refractivity contribution >= 4 is 27.5 Å².